The summed E-state index contributed by atoms with van der Waals surface area (Å²) in [5.74, 6) is 0.698. The second-order valence-electron chi connectivity index (χ2n) is 6.83. The van der Waals surface area contributed by atoms with Crippen molar-refractivity contribution in [3.8, 4) is 0 Å². The van der Waals surface area contributed by atoms with Crippen molar-refractivity contribution in [1.82, 2.24) is 15.1 Å². The molecule has 1 aromatic carbocycles. The van der Waals surface area contributed by atoms with Gasteiger partial charge in [0.15, 0.2) is 5.96 Å². The number of carbonyl (C=O) groups excluding carboxylic acids is 1. The van der Waals surface area contributed by atoms with E-state index in [1.54, 1.807) is 19.0 Å². The molecule has 7 nitrogen and oxygen atoms in total. The molecule has 1 amide bonds. The second-order valence-corrected chi connectivity index (χ2v) is 6.83. The zero-order valence-electron chi connectivity index (χ0n) is 18.1. The quantitative estimate of drug-likeness (QED) is 0.229. The number of amides is 1. The van der Waals surface area contributed by atoms with Crippen molar-refractivity contribution in [2.75, 3.05) is 66.4 Å². The summed E-state index contributed by atoms with van der Waals surface area (Å²) in [5, 5.41) is 3.35. The molecule has 0 spiro atoms. The summed E-state index contributed by atoms with van der Waals surface area (Å²) in [6.07, 6.45) is 0.887. The summed E-state index contributed by atoms with van der Waals surface area (Å²) in [7, 11) is 9.52. The molecule has 28 heavy (non-hydrogen) atoms. The van der Waals surface area contributed by atoms with Gasteiger partial charge in [0.2, 0.25) is 5.91 Å². The fraction of sp³-hybridized carbons (Fsp3) is 0.600. The summed E-state index contributed by atoms with van der Waals surface area (Å²) < 4.78 is 5.38. The van der Waals surface area contributed by atoms with E-state index >= 15 is 0 Å². The maximum absolute atomic E-state index is 11.9. The number of halogens is 1. The molecular formula is C20H36IN5O2. The Labute approximate surface area is 187 Å². The number of nitrogens with one attached hydrogen (secondary N) is 1. The lowest BCUT2D eigenvalue weighted by Crippen LogP contribution is -2.40. The van der Waals surface area contributed by atoms with Crippen LogP contribution in [-0.4, -0.2) is 83.2 Å². The van der Waals surface area contributed by atoms with E-state index in [2.05, 4.69) is 39.5 Å². The van der Waals surface area contributed by atoms with Crippen molar-refractivity contribution in [3.63, 3.8) is 0 Å². The Kier molecular flexibility index (Phi) is 13.6. The van der Waals surface area contributed by atoms with Crippen molar-refractivity contribution >= 4 is 41.5 Å². The lowest BCUT2D eigenvalue weighted by atomic mass is 10.2. The van der Waals surface area contributed by atoms with Gasteiger partial charge in [0.05, 0.1) is 0 Å². The molecule has 160 valence electrons. The number of rotatable bonds is 10. The topological polar surface area (TPSA) is 60.4 Å². The molecule has 1 rings (SSSR count). The predicted molar refractivity (Wildman–Crippen MR) is 128 cm³/mol. The molecule has 0 aliphatic carbocycles. The standard InChI is InChI=1S/C20H35N5O2.HI/c1-7-27-13-9-12-21-20(22-15-19(26)24(4)5)25(6)16-17-10-8-11-18(14-17)23(2)3;/h8,10-11,14H,7,9,12-13,15-16H2,1-6H3,(H,21,22);1H. The first-order valence-electron chi connectivity index (χ1n) is 9.38. The van der Waals surface area contributed by atoms with E-state index in [1.165, 1.54) is 5.56 Å². The molecule has 0 atom stereocenters. The van der Waals surface area contributed by atoms with Crippen molar-refractivity contribution in [3.05, 3.63) is 29.8 Å². The lowest BCUT2D eigenvalue weighted by Gasteiger charge is -2.23. The van der Waals surface area contributed by atoms with Crippen LogP contribution in [0.25, 0.3) is 0 Å². The van der Waals surface area contributed by atoms with Crippen LogP contribution in [0.3, 0.4) is 0 Å². The van der Waals surface area contributed by atoms with E-state index in [9.17, 15) is 4.79 Å². The van der Waals surface area contributed by atoms with Crippen molar-refractivity contribution < 1.29 is 9.53 Å². The number of hydrogen-bond donors (Lipinski definition) is 1. The molecule has 1 aromatic rings. The van der Waals surface area contributed by atoms with E-state index < -0.39 is 0 Å². The molecule has 0 aromatic heterocycles. The third-order valence-corrected chi connectivity index (χ3v) is 4.02. The number of benzene rings is 1. The van der Waals surface area contributed by atoms with Gasteiger partial charge in [-0.1, -0.05) is 12.1 Å². The number of ether oxygens (including phenoxy) is 1. The van der Waals surface area contributed by atoms with E-state index in [-0.39, 0.29) is 36.4 Å². The zero-order chi connectivity index (χ0) is 20.2. The molecule has 0 saturated carbocycles. The number of hydrogen-bond acceptors (Lipinski definition) is 4. The van der Waals surface area contributed by atoms with Crippen LogP contribution in [0.4, 0.5) is 5.69 Å². The van der Waals surface area contributed by atoms with Gasteiger partial charge in [0.25, 0.3) is 0 Å². The number of aliphatic imine (C=N–C) groups is 1. The van der Waals surface area contributed by atoms with Crippen molar-refractivity contribution in [1.29, 1.82) is 0 Å². The molecule has 0 heterocycles. The van der Waals surface area contributed by atoms with Gasteiger partial charge in [-0.3, -0.25) is 4.79 Å². The number of nitrogens with zero attached hydrogens (tertiary/aromatic N) is 4. The first-order chi connectivity index (χ1) is 12.8. The minimum atomic E-state index is -0.0216. The van der Waals surface area contributed by atoms with Gasteiger partial charge in [-0.05, 0) is 31.0 Å². The third kappa shape index (κ3) is 10.1. The highest BCUT2D eigenvalue weighted by atomic mass is 127. The van der Waals surface area contributed by atoms with E-state index in [4.69, 9.17) is 4.74 Å². The number of carbonyl (C=O) groups is 1. The van der Waals surface area contributed by atoms with Crippen molar-refractivity contribution in [2.24, 2.45) is 4.99 Å². The molecule has 8 heteroatoms. The van der Waals surface area contributed by atoms with Crippen LogP contribution >= 0.6 is 24.0 Å². The Hall–Kier alpha value is -1.55. The third-order valence-electron chi connectivity index (χ3n) is 4.02. The molecular weight excluding hydrogens is 469 g/mol. The Balaban J connectivity index is 0.00000729. The maximum Gasteiger partial charge on any atom is 0.243 e. The van der Waals surface area contributed by atoms with Gasteiger partial charge in [-0.15, -0.1) is 24.0 Å². The highest BCUT2D eigenvalue weighted by Crippen LogP contribution is 2.14. The molecule has 0 radical (unpaired) electrons. The summed E-state index contributed by atoms with van der Waals surface area (Å²) in [6.45, 7) is 5.00. The average molecular weight is 505 g/mol. The van der Waals surface area contributed by atoms with Crippen LogP contribution in [0.2, 0.25) is 0 Å². The van der Waals surface area contributed by atoms with E-state index in [1.807, 2.05) is 33.0 Å². The van der Waals surface area contributed by atoms with Gasteiger partial charge in [0.1, 0.15) is 6.54 Å². The summed E-state index contributed by atoms with van der Waals surface area (Å²) in [4.78, 5) is 22.1. The molecule has 0 unspecified atom stereocenters. The Morgan fingerprint density at radius 2 is 1.89 bits per heavy atom. The normalized spacial score (nSPS) is 10.9. The molecule has 0 bridgehead atoms. The van der Waals surface area contributed by atoms with Crippen molar-refractivity contribution in [2.45, 2.75) is 19.9 Å². The Morgan fingerprint density at radius 3 is 2.50 bits per heavy atom. The van der Waals surface area contributed by atoms with Crippen LogP contribution in [0.15, 0.2) is 29.3 Å². The maximum atomic E-state index is 11.9. The predicted octanol–water partition coefficient (Wildman–Crippen LogP) is 2.26. The van der Waals surface area contributed by atoms with E-state index in [0.717, 1.165) is 31.2 Å². The molecule has 0 fully saturated rings. The van der Waals surface area contributed by atoms with Crippen LogP contribution < -0.4 is 10.2 Å². The SMILES string of the molecule is CCOCCCNC(=NCC(=O)N(C)C)N(C)Cc1cccc(N(C)C)c1.I. The Bertz CT molecular complexity index is 608. The average Bonchev–Trinajstić information content (AvgIpc) is 2.63. The highest BCUT2D eigenvalue weighted by molar-refractivity contribution is 14.0. The molecule has 0 aliphatic heterocycles. The first kappa shape index (κ1) is 26.4. The molecule has 0 saturated heterocycles. The number of likely N-dealkylation sites (N-methyl/N-ethyl adjacent to an activating group) is 1. The zero-order valence-corrected chi connectivity index (χ0v) is 20.4. The molecule has 1 N–H and O–H groups in total. The smallest absolute Gasteiger partial charge is 0.243 e. The summed E-state index contributed by atoms with van der Waals surface area (Å²) >= 11 is 0. The van der Waals surface area contributed by atoms with Gasteiger partial charge in [-0.25, -0.2) is 4.99 Å². The molecule has 0 aliphatic rings. The van der Waals surface area contributed by atoms with Crippen LogP contribution in [0.1, 0.15) is 18.9 Å². The highest BCUT2D eigenvalue weighted by Gasteiger charge is 2.10. The number of anilines is 1. The van der Waals surface area contributed by atoms with Crippen LogP contribution in [0.5, 0.6) is 0 Å². The monoisotopic (exact) mass is 505 g/mol. The number of guanidine groups is 1. The van der Waals surface area contributed by atoms with Gasteiger partial charge >= 0.3 is 0 Å². The van der Waals surface area contributed by atoms with Gasteiger partial charge < -0.3 is 24.8 Å². The first-order valence-corrected chi connectivity index (χ1v) is 9.38. The fourth-order valence-electron chi connectivity index (χ4n) is 2.40. The van der Waals surface area contributed by atoms with Gasteiger partial charge in [-0.2, -0.15) is 0 Å². The van der Waals surface area contributed by atoms with Crippen LogP contribution in [-0.2, 0) is 16.1 Å². The van der Waals surface area contributed by atoms with Crippen LogP contribution in [0, 0.1) is 0 Å². The fourth-order valence-corrected chi connectivity index (χ4v) is 2.40. The van der Waals surface area contributed by atoms with E-state index in [0.29, 0.717) is 13.2 Å². The largest absolute Gasteiger partial charge is 0.382 e. The minimum Gasteiger partial charge on any atom is -0.382 e. The summed E-state index contributed by atoms with van der Waals surface area (Å²) in [6, 6.07) is 8.40. The summed E-state index contributed by atoms with van der Waals surface area (Å²) in [5.41, 5.74) is 2.35. The minimum absolute atomic E-state index is 0. The second kappa shape index (κ2) is 14.4. The van der Waals surface area contributed by atoms with Gasteiger partial charge in [0, 0.05) is 67.2 Å². The Morgan fingerprint density at radius 1 is 1.18 bits per heavy atom. The lowest BCUT2D eigenvalue weighted by molar-refractivity contribution is -0.127.